The summed E-state index contributed by atoms with van der Waals surface area (Å²) in [5.74, 6) is -0.553. The van der Waals surface area contributed by atoms with Crippen LogP contribution < -0.4 is 5.48 Å². The Balaban J connectivity index is 1.76. The van der Waals surface area contributed by atoms with Gasteiger partial charge in [0.15, 0.2) is 0 Å². The third kappa shape index (κ3) is 4.74. The van der Waals surface area contributed by atoms with E-state index in [0.29, 0.717) is 23.7 Å². The van der Waals surface area contributed by atoms with Crippen LogP contribution in [0.2, 0.25) is 5.02 Å². The molecule has 1 heterocycles. The fourth-order valence-corrected chi connectivity index (χ4v) is 5.55. The van der Waals surface area contributed by atoms with Crippen LogP contribution in [-0.4, -0.2) is 54.9 Å². The molecular weight excluding hydrogens is 426 g/mol. The summed E-state index contributed by atoms with van der Waals surface area (Å²) >= 11 is 5.91. The zero-order chi connectivity index (χ0) is 21.7. The van der Waals surface area contributed by atoms with E-state index in [1.165, 1.54) is 10.4 Å². The molecule has 0 radical (unpaired) electrons. The molecule has 0 bridgehead atoms. The lowest BCUT2D eigenvalue weighted by Gasteiger charge is -2.38. The number of sulfonamides is 1. The molecule has 1 fully saturated rings. The maximum atomic E-state index is 13.2. The Labute approximate surface area is 181 Å². The second-order valence-corrected chi connectivity index (χ2v) is 9.47. The summed E-state index contributed by atoms with van der Waals surface area (Å²) in [6, 6.07) is 15.0. The maximum Gasteiger partial charge on any atom is 0.265 e. The number of nitrogens with one attached hydrogen (secondary N) is 1. The van der Waals surface area contributed by atoms with Gasteiger partial charge in [0.25, 0.3) is 5.91 Å². The summed E-state index contributed by atoms with van der Waals surface area (Å²) in [6.07, 6.45) is 1.41. The van der Waals surface area contributed by atoms with Crippen LogP contribution in [0.4, 0.5) is 0 Å². The first-order chi connectivity index (χ1) is 14.4. The van der Waals surface area contributed by atoms with Gasteiger partial charge in [-0.3, -0.25) is 14.9 Å². The van der Waals surface area contributed by atoms with Gasteiger partial charge in [-0.25, -0.2) is 13.9 Å². The fraction of sp³-hybridized carbons (Fsp3) is 0.286. The van der Waals surface area contributed by atoms with Crippen molar-refractivity contribution in [3.63, 3.8) is 0 Å². The van der Waals surface area contributed by atoms with Gasteiger partial charge in [-0.2, -0.15) is 4.31 Å². The molecular formula is C21H24ClN3O4S. The topological polar surface area (TPSA) is 90.0 Å². The number of piperazine rings is 1. The van der Waals surface area contributed by atoms with E-state index in [1.807, 2.05) is 23.1 Å². The van der Waals surface area contributed by atoms with Crippen molar-refractivity contribution in [3.8, 4) is 0 Å². The largest absolute Gasteiger partial charge is 0.289 e. The summed E-state index contributed by atoms with van der Waals surface area (Å²) in [5, 5.41) is 8.82. The number of hydrogen-bond donors (Lipinski definition) is 2. The lowest BCUT2D eigenvalue weighted by molar-refractivity contribution is -0.135. The van der Waals surface area contributed by atoms with E-state index in [-0.39, 0.29) is 13.1 Å². The Kier molecular flexibility index (Phi) is 7.27. The molecule has 1 saturated heterocycles. The Hall–Kier alpha value is -2.23. The van der Waals surface area contributed by atoms with Crippen LogP contribution in [0.5, 0.6) is 0 Å². The number of benzene rings is 2. The van der Waals surface area contributed by atoms with E-state index in [0.717, 1.165) is 5.56 Å². The number of nitrogens with zero attached hydrogens (tertiary/aromatic N) is 2. The fourth-order valence-electron chi connectivity index (χ4n) is 3.68. The average molecular weight is 450 g/mol. The summed E-state index contributed by atoms with van der Waals surface area (Å²) in [5.41, 5.74) is 3.04. The molecule has 1 amide bonds. The van der Waals surface area contributed by atoms with Gasteiger partial charge in [0.1, 0.15) is 11.3 Å². The van der Waals surface area contributed by atoms with Crippen molar-refractivity contribution in [2.45, 2.75) is 11.3 Å². The molecule has 0 saturated carbocycles. The molecule has 2 atom stereocenters. The lowest BCUT2D eigenvalue weighted by Crippen LogP contribution is -2.52. The van der Waals surface area contributed by atoms with Crippen LogP contribution in [0.1, 0.15) is 22.4 Å². The van der Waals surface area contributed by atoms with Crippen molar-refractivity contribution in [3.05, 3.63) is 83.4 Å². The Bertz CT molecular complexity index is 975. The molecule has 1 aliphatic rings. The predicted molar refractivity (Wildman–Crippen MR) is 116 cm³/mol. The van der Waals surface area contributed by atoms with E-state index < -0.39 is 27.2 Å². The van der Waals surface area contributed by atoms with Gasteiger partial charge < -0.3 is 0 Å². The molecule has 0 aliphatic carbocycles. The predicted octanol–water partition coefficient (Wildman–Crippen LogP) is 2.76. The highest BCUT2D eigenvalue weighted by Gasteiger charge is 2.36. The van der Waals surface area contributed by atoms with Gasteiger partial charge in [-0.05, 0) is 23.3 Å². The first kappa shape index (κ1) is 22.5. The number of carbonyl (C=O) groups excluding carboxylic acids is 1. The minimum Gasteiger partial charge on any atom is -0.289 e. The van der Waals surface area contributed by atoms with Crippen LogP contribution >= 0.6 is 11.6 Å². The molecule has 3 rings (SSSR count). The molecule has 9 heteroatoms. The van der Waals surface area contributed by atoms with Crippen molar-refractivity contribution in [2.24, 2.45) is 0 Å². The smallest absolute Gasteiger partial charge is 0.265 e. The van der Waals surface area contributed by atoms with Crippen molar-refractivity contribution in [1.29, 1.82) is 0 Å². The van der Waals surface area contributed by atoms with Crippen molar-refractivity contribution >= 4 is 27.5 Å². The molecule has 2 unspecified atom stereocenters. The zero-order valence-corrected chi connectivity index (χ0v) is 17.9. The third-order valence-corrected chi connectivity index (χ3v) is 7.65. The molecule has 2 aromatic rings. The van der Waals surface area contributed by atoms with Gasteiger partial charge in [-0.15, -0.1) is 6.58 Å². The van der Waals surface area contributed by atoms with Crippen LogP contribution in [-0.2, 0) is 14.8 Å². The van der Waals surface area contributed by atoms with Crippen LogP contribution in [0.15, 0.2) is 67.3 Å². The molecule has 0 spiro atoms. The first-order valence-electron chi connectivity index (χ1n) is 9.48. The highest BCUT2D eigenvalue weighted by Crippen LogP contribution is 2.30. The number of halogens is 1. The van der Waals surface area contributed by atoms with E-state index in [9.17, 15) is 18.4 Å². The Morgan fingerprint density at radius 2 is 1.63 bits per heavy atom. The number of rotatable bonds is 7. The van der Waals surface area contributed by atoms with Gasteiger partial charge in [-0.1, -0.05) is 60.1 Å². The number of carbonyl (C=O) groups is 1. The average Bonchev–Trinajstić information content (AvgIpc) is 2.76. The molecule has 2 aromatic carbocycles. The van der Waals surface area contributed by atoms with Crippen LogP contribution in [0.3, 0.4) is 0 Å². The van der Waals surface area contributed by atoms with Crippen molar-refractivity contribution in [2.75, 3.05) is 26.2 Å². The number of amides is 1. The molecule has 30 heavy (non-hydrogen) atoms. The van der Waals surface area contributed by atoms with Gasteiger partial charge >= 0.3 is 0 Å². The van der Waals surface area contributed by atoms with Crippen molar-refractivity contribution in [1.82, 2.24) is 14.7 Å². The van der Waals surface area contributed by atoms with Crippen molar-refractivity contribution < 1.29 is 18.4 Å². The lowest BCUT2D eigenvalue weighted by atomic mass is 10.0. The SMILES string of the molecule is C=CC(c1ccc(Cl)cc1)S(=O)(=O)N1CCN(C(C(=O)NO)c2ccccc2)CC1. The van der Waals surface area contributed by atoms with Crippen LogP contribution in [0.25, 0.3) is 0 Å². The quantitative estimate of drug-likeness (QED) is 0.385. The number of hydroxylamine groups is 1. The van der Waals surface area contributed by atoms with Crippen LogP contribution in [0, 0.1) is 0 Å². The molecule has 0 aromatic heterocycles. The van der Waals surface area contributed by atoms with E-state index in [1.54, 1.807) is 41.9 Å². The summed E-state index contributed by atoms with van der Waals surface area (Å²) in [4.78, 5) is 14.2. The molecule has 1 aliphatic heterocycles. The summed E-state index contributed by atoms with van der Waals surface area (Å²) in [6.45, 7) is 4.85. The Morgan fingerprint density at radius 3 is 2.17 bits per heavy atom. The van der Waals surface area contributed by atoms with E-state index in [2.05, 4.69) is 6.58 Å². The van der Waals surface area contributed by atoms with Gasteiger partial charge in [0.2, 0.25) is 10.0 Å². The minimum atomic E-state index is -3.68. The van der Waals surface area contributed by atoms with Gasteiger partial charge in [0.05, 0.1) is 0 Å². The standard InChI is InChI=1S/C21H24ClN3O4S/c1-2-19(16-8-10-18(22)11-9-16)30(28,29)25-14-12-24(13-15-25)20(21(26)23-27)17-6-4-3-5-7-17/h2-11,19-20,27H,1,12-15H2,(H,23,26). The Morgan fingerprint density at radius 1 is 1.03 bits per heavy atom. The zero-order valence-electron chi connectivity index (χ0n) is 16.3. The van der Waals surface area contributed by atoms with Gasteiger partial charge in [0, 0.05) is 31.2 Å². The molecule has 7 nitrogen and oxygen atoms in total. The summed E-state index contributed by atoms with van der Waals surface area (Å²) < 4.78 is 27.9. The molecule has 160 valence electrons. The monoisotopic (exact) mass is 449 g/mol. The number of hydrogen-bond acceptors (Lipinski definition) is 5. The van der Waals surface area contributed by atoms with E-state index in [4.69, 9.17) is 11.6 Å². The highest BCUT2D eigenvalue weighted by atomic mass is 35.5. The second-order valence-electron chi connectivity index (χ2n) is 6.98. The first-order valence-corrected chi connectivity index (χ1v) is 11.4. The summed E-state index contributed by atoms with van der Waals surface area (Å²) in [7, 11) is -3.68. The minimum absolute atomic E-state index is 0.225. The maximum absolute atomic E-state index is 13.2. The molecule has 2 N–H and O–H groups in total. The second kappa shape index (κ2) is 9.72. The van der Waals surface area contributed by atoms with E-state index >= 15 is 0 Å². The highest BCUT2D eigenvalue weighted by molar-refractivity contribution is 7.89. The normalized spacial score (nSPS) is 17.8. The third-order valence-electron chi connectivity index (χ3n) is 5.21.